The number of nitrogens with zero attached hydrogens (tertiary/aromatic N) is 1. The maximum Gasteiger partial charge on any atom is 0.0555 e. The van der Waals surface area contributed by atoms with Gasteiger partial charge in [-0.05, 0) is 74.5 Å². The topological polar surface area (TPSA) is 4.93 Å². The first-order valence-corrected chi connectivity index (χ1v) is 15.3. The van der Waals surface area contributed by atoms with Gasteiger partial charge in [-0.25, -0.2) is 0 Å². The summed E-state index contributed by atoms with van der Waals surface area (Å²) in [5, 5.41) is 8.01. The van der Waals surface area contributed by atoms with E-state index < -0.39 is 0 Å². The molecule has 0 bridgehead atoms. The summed E-state index contributed by atoms with van der Waals surface area (Å²) in [6.07, 6.45) is 0. The first-order chi connectivity index (χ1) is 20.8. The highest BCUT2D eigenvalue weighted by Gasteiger charge is 2.23. The van der Waals surface area contributed by atoms with Gasteiger partial charge in [0.1, 0.15) is 0 Å². The number of hydrogen-bond acceptors (Lipinski definition) is 1. The van der Waals surface area contributed by atoms with E-state index in [0.29, 0.717) is 0 Å². The van der Waals surface area contributed by atoms with Crippen molar-refractivity contribution >= 4 is 64.1 Å². The summed E-state index contributed by atoms with van der Waals surface area (Å²) in [5.41, 5.74) is 11.5. The number of hydrogen-bond donors (Lipinski definition) is 0. The molecule has 0 N–H and O–H groups in total. The van der Waals surface area contributed by atoms with E-state index in [2.05, 4.69) is 144 Å². The minimum atomic E-state index is 1.19. The number of thiophene rings is 1. The van der Waals surface area contributed by atoms with Crippen molar-refractivity contribution in [2.24, 2.45) is 0 Å². The van der Waals surface area contributed by atoms with Crippen molar-refractivity contribution in [3.63, 3.8) is 0 Å². The highest BCUT2D eigenvalue weighted by molar-refractivity contribution is 7.26. The van der Waals surface area contributed by atoms with E-state index in [1.54, 1.807) is 0 Å². The average Bonchev–Trinajstić information content (AvgIpc) is 3.70. The van der Waals surface area contributed by atoms with Gasteiger partial charge in [-0.2, -0.15) is 0 Å². The molecule has 0 radical (unpaired) electrons. The van der Waals surface area contributed by atoms with Crippen molar-refractivity contribution in [1.29, 1.82) is 0 Å². The van der Waals surface area contributed by atoms with Crippen LogP contribution in [-0.2, 0) is 0 Å². The van der Waals surface area contributed by atoms with Crippen LogP contribution in [0.25, 0.3) is 91.8 Å². The lowest BCUT2D eigenvalue weighted by molar-refractivity contribution is 1.18. The summed E-state index contributed by atoms with van der Waals surface area (Å²) in [6.45, 7) is 0. The molecule has 10 rings (SSSR count). The Morgan fingerprint density at radius 3 is 2.00 bits per heavy atom. The third-order valence-electron chi connectivity index (χ3n) is 9.14. The Labute approximate surface area is 246 Å². The molecule has 1 aliphatic rings. The van der Waals surface area contributed by atoms with E-state index in [1.165, 1.54) is 91.8 Å². The van der Waals surface area contributed by atoms with Gasteiger partial charge in [0.15, 0.2) is 0 Å². The van der Waals surface area contributed by atoms with Crippen LogP contribution in [0.15, 0.2) is 140 Å². The van der Waals surface area contributed by atoms with Crippen LogP contribution in [-0.4, -0.2) is 4.57 Å². The fraction of sp³-hybridized carbons (Fsp3) is 0. The summed E-state index contributed by atoms with van der Waals surface area (Å²) in [5.74, 6) is 0. The zero-order valence-corrected chi connectivity index (χ0v) is 23.5. The summed E-state index contributed by atoms with van der Waals surface area (Å²) in [6, 6.07) is 51.6. The van der Waals surface area contributed by atoms with Gasteiger partial charge >= 0.3 is 0 Å². The molecule has 2 aromatic heterocycles. The molecule has 2 heteroatoms. The van der Waals surface area contributed by atoms with Crippen LogP contribution in [0.3, 0.4) is 0 Å². The van der Waals surface area contributed by atoms with Gasteiger partial charge in [-0.15, -0.1) is 11.3 Å². The summed E-state index contributed by atoms with van der Waals surface area (Å²) < 4.78 is 5.16. The quantitative estimate of drug-likeness (QED) is 0.202. The Bertz CT molecular complexity index is 2550. The van der Waals surface area contributed by atoms with E-state index >= 15 is 0 Å². The maximum absolute atomic E-state index is 2.45. The Kier molecular flexibility index (Phi) is 4.39. The number of para-hydroxylation sites is 1. The number of aromatic nitrogens is 1. The monoisotopic (exact) mass is 549 g/mol. The largest absolute Gasteiger partial charge is 0.309 e. The van der Waals surface area contributed by atoms with Gasteiger partial charge in [0.2, 0.25) is 0 Å². The van der Waals surface area contributed by atoms with E-state index in [0.717, 1.165) is 0 Å². The van der Waals surface area contributed by atoms with Gasteiger partial charge in [0.25, 0.3) is 0 Å². The lowest BCUT2D eigenvalue weighted by atomic mass is 9.94. The lowest BCUT2D eigenvalue weighted by Gasteiger charge is -2.13. The molecule has 0 unspecified atom stereocenters. The predicted molar refractivity (Wildman–Crippen MR) is 181 cm³/mol. The van der Waals surface area contributed by atoms with Crippen molar-refractivity contribution in [2.45, 2.75) is 0 Å². The predicted octanol–water partition coefficient (Wildman–Crippen LogP) is 11.6. The molecule has 194 valence electrons. The molecule has 0 spiro atoms. The van der Waals surface area contributed by atoms with Crippen LogP contribution in [0.1, 0.15) is 0 Å². The summed E-state index contributed by atoms with van der Waals surface area (Å²) >= 11 is 1.91. The summed E-state index contributed by atoms with van der Waals surface area (Å²) in [7, 11) is 0. The third-order valence-corrected chi connectivity index (χ3v) is 10.3. The highest BCUT2D eigenvalue weighted by Crippen LogP contribution is 2.49. The van der Waals surface area contributed by atoms with Gasteiger partial charge in [0.05, 0.1) is 11.0 Å². The molecule has 0 saturated carbocycles. The SMILES string of the molecule is c1cc(-c2ccc3c4c(cccc24)-c2ccccc2-3)cc(-n2c3ccccc3c3c4sc5ccccc5c4ccc32)c1. The average molecular weight is 550 g/mol. The van der Waals surface area contributed by atoms with Crippen LogP contribution in [0.4, 0.5) is 0 Å². The molecule has 0 saturated heterocycles. The van der Waals surface area contributed by atoms with Crippen molar-refractivity contribution in [3.05, 3.63) is 140 Å². The second kappa shape index (κ2) is 8.19. The van der Waals surface area contributed by atoms with Gasteiger partial charge in [-0.1, -0.05) is 109 Å². The van der Waals surface area contributed by atoms with E-state index in [1.807, 2.05) is 11.3 Å². The van der Waals surface area contributed by atoms with Crippen LogP contribution in [0.2, 0.25) is 0 Å². The molecule has 1 nitrogen and oxygen atoms in total. The van der Waals surface area contributed by atoms with Crippen molar-refractivity contribution in [1.82, 2.24) is 4.57 Å². The summed E-state index contributed by atoms with van der Waals surface area (Å²) in [4.78, 5) is 0. The van der Waals surface area contributed by atoms with Crippen LogP contribution in [0.5, 0.6) is 0 Å². The van der Waals surface area contributed by atoms with Crippen LogP contribution < -0.4 is 0 Å². The molecule has 0 aliphatic heterocycles. The fourth-order valence-electron chi connectivity index (χ4n) is 7.39. The molecular weight excluding hydrogens is 527 g/mol. The number of benzene rings is 7. The van der Waals surface area contributed by atoms with Crippen LogP contribution in [0, 0.1) is 0 Å². The van der Waals surface area contributed by atoms with Crippen molar-refractivity contribution in [2.75, 3.05) is 0 Å². The number of fused-ring (bicyclic) bond motifs is 10. The van der Waals surface area contributed by atoms with E-state index in [9.17, 15) is 0 Å². The molecule has 9 aromatic rings. The highest BCUT2D eigenvalue weighted by atomic mass is 32.1. The van der Waals surface area contributed by atoms with Crippen LogP contribution >= 0.6 is 11.3 Å². The van der Waals surface area contributed by atoms with Gasteiger partial charge in [-0.3, -0.25) is 0 Å². The molecule has 1 aliphatic carbocycles. The molecule has 0 amide bonds. The molecule has 0 fully saturated rings. The zero-order valence-electron chi connectivity index (χ0n) is 22.6. The Hall–Kier alpha value is -5.18. The molecule has 42 heavy (non-hydrogen) atoms. The van der Waals surface area contributed by atoms with Gasteiger partial charge < -0.3 is 4.57 Å². The molecule has 7 aromatic carbocycles. The first kappa shape index (κ1) is 22.5. The van der Waals surface area contributed by atoms with E-state index in [4.69, 9.17) is 0 Å². The molecular formula is C40H23NS. The van der Waals surface area contributed by atoms with Crippen molar-refractivity contribution in [3.8, 4) is 39.1 Å². The van der Waals surface area contributed by atoms with E-state index in [-0.39, 0.29) is 0 Å². The Morgan fingerprint density at radius 2 is 1.10 bits per heavy atom. The first-order valence-electron chi connectivity index (χ1n) is 14.4. The smallest absolute Gasteiger partial charge is 0.0555 e. The molecule has 2 heterocycles. The minimum absolute atomic E-state index is 1.19. The van der Waals surface area contributed by atoms with Gasteiger partial charge in [0, 0.05) is 36.6 Å². The Balaban J connectivity index is 1.23. The van der Waals surface area contributed by atoms with Crippen molar-refractivity contribution < 1.29 is 0 Å². The zero-order chi connectivity index (χ0) is 27.4. The fourth-order valence-corrected chi connectivity index (χ4v) is 8.64. The lowest BCUT2D eigenvalue weighted by Crippen LogP contribution is -1.94. The second-order valence-electron chi connectivity index (χ2n) is 11.3. The standard InChI is InChI=1S/C40H23NS/c1-2-12-28-27(11-1)31-16-8-15-30-26(19-20-32(28)38(30)31)24-9-7-10-25(23-24)41-35-17-5-3-14-34(35)39-36(41)22-21-33-29-13-4-6-18-37(29)42-40(33)39/h1-23H. The minimum Gasteiger partial charge on any atom is -0.309 e. The molecule has 0 atom stereocenters. The third kappa shape index (κ3) is 2.87. The Morgan fingerprint density at radius 1 is 0.405 bits per heavy atom. The maximum atomic E-state index is 2.45. The normalized spacial score (nSPS) is 12.3. The number of rotatable bonds is 2. The second-order valence-corrected chi connectivity index (χ2v) is 12.3.